The minimum absolute atomic E-state index is 0.0491. The van der Waals surface area contributed by atoms with Crippen LogP contribution in [0.2, 0.25) is 0 Å². The molecule has 2 N–H and O–H groups in total. The second-order valence-electron chi connectivity index (χ2n) is 6.13. The Kier molecular flexibility index (Phi) is 4.86. The molecule has 6 heteroatoms. The maximum atomic E-state index is 12.3. The maximum absolute atomic E-state index is 12.3. The van der Waals surface area contributed by atoms with Crippen LogP contribution in [0.5, 0.6) is 0 Å². The molecular formula is C14H24N2O4. The Bertz CT molecular complexity index is 370. The van der Waals surface area contributed by atoms with Gasteiger partial charge in [-0.1, -0.05) is 6.92 Å². The Morgan fingerprint density at radius 3 is 2.65 bits per heavy atom. The predicted molar refractivity (Wildman–Crippen MR) is 73.4 cm³/mol. The molecule has 0 spiro atoms. The summed E-state index contributed by atoms with van der Waals surface area (Å²) in [5.41, 5.74) is 0. The summed E-state index contributed by atoms with van der Waals surface area (Å²) < 4.78 is 5.15. The number of carboxylic acid groups (broad SMARTS) is 1. The van der Waals surface area contributed by atoms with Gasteiger partial charge in [0, 0.05) is 20.2 Å². The number of aliphatic carboxylic acids is 1. The number of rotatable bonds is 5. The zero-order valence-corrected chi connectivity index (χ0v) is 12.2. The number of nitrogens with zero attached hydrogens (tertiary/aromatic N) is 1. The first-order valence-electron chi connectivity index (χ1n) is 7.28. The molecule has 0 aromatic heterocycles. The van der Waals surface area contributed by atoms with Crippen molar-refractivity contribution in [2.75, 3.05) is 26.8 Å². The molecule has 0 bridgehead atoms. The number of nitrogens with one attached hydrogen (secondary N) is 1. The minimum atomic E-state index is -0.815. The summed E-state index contributed by atoms with van der Waals surface area (Å²) in [5.74, 6) is -0.537. The number of amides is 2. The predicted octanol–water partition coefficient (Wildman–Crippen LogP) is 1.16. The molecule has 0 aromatic rings. The van der Waals surface area contributed by atoms with Gasteiger partial charge in [0.1, 0.15) is 0 Å². The smallest absolute Gasteiger partial charge is 0.317 e. The highest BCUT2D eigenvalue weighted by Crippen LogP contribution is 2.33. The molecule has 1 aliphatic carbocycles. The number of carbonyl (C=O) groups is 2. The zero-order valence-electron chi connectivity index (χ0n) is 12.2. The van der Waals surface area contributed by atoms with Crippen LogP contribution in [0.25, 0.3) is 0 Å². The fourth-order valence-electron chi connectivity index (χ4n) is 2.92. The lowest BCUT2D eigenvalue weighted by molar-refractivity contribution is -0.143. The molecular weight excluding hydrogens is 260 g/mol. The highest BCUT2D eigenvalue weighted by atomic mass is 16.5. The number of piperidine rings is 1. The van der Waals surface area contributed by atoms with Crippen molar-refractivity contribution in [3.8, 4) is 0 Å². The highest BCUT2D eigenvalue weighted by molar-refractivity contribution is 5.77. The Morgan fingerprint density at radius 2 is 2.10 bits per heavy atom. The van der Waals surface area contributed by atoms with Gasteiger partial charge in [-0.2, -0.15) is 0 Å². The Hall–Kier alpha value is -1.30. The van der Waals surface area contributed by atoms with E-state index in [1.807, 2.05) is 6.92 Å². The number of likely N-dealkylation sites (tertiary alicyclic amines) is 1. The summed E-state index contributed by atoms with van der Waals surface area (Å²) in [6.07, 6.45) is 2.90. The van der Waals surface area contributed by atoms with Gasteiger partial charge in [-0.05, 0) is 31.1 Å². The lowest BCUT2D eigenvalue weighted by Gasteiger charge is -2.35. The molecule has 114 valence electrons. The summed E-state index contributed by atoms with van der Waals surface area (Å²) in [7, 11) is 1.63. The van der Waals surface area contributed by atoms with Crippen LogP contribution in [-0.2, 0) is 9.53 Å². The first-order chi connectivity index (χ1) is 9.51. The van der Waals surface area contributed by atoms with Gasteiger partial charge in [0.25, 0.3) is 0 Å². The van der Waals surface area contributed by atoms with Crippen LogP contribution < -0.4 is 5.32 Å². The molecule has 2 amide bonds. The van der Waals surface area contributed by atoms with Gasteiger partial charge in [-0.15, -0.1) is 0 Å². The average molecular weight is 284 g/mol. The Balaban J connectivity index is 1.91. The molecule has 2 aliphatic rings. The number of carboxylic acids is 1. The molecule has 2 fully saturated rings. The van der Waals surface area contributed by atoms with Crippen LogP contribution in [0.3, 0.4) is 0 Å². The van der Waals surface area contributed by atoms with Gasteiger partial charge in [0.15, 0.2) is 0 Å². The second kappa shape index (κ2) is 6.43. The third kappa shape index (κ3) is 3.85. The summed E-state index contributed by atoms with van der Waals surface area (Å²) in [5, 5.41) is 12.1. The van der Waals surface area contributed by atoms with E-state index in [2.05, 4.69) is 5.32 Å². The highest BCUT2D eigenvalue weighted by Gasteiger charge is 2.36. The van der Waals surface area contributed by atoms with Gasteiger partial charge >= 0.3 is 12.0 Å². The van der Waals surface area contributed by atoms with Crippen LogP contribution in [0.15, 0.2) is 0 Å². The number of hydrogen-bond donors (Lipinski definition) is 2. The van der Waals surface area contributed by atoms with Crippen molar-refractivity contribution in [2.24, 2.45) is 17.8 Å². The summed E-state index contributed by atoms with van der Waals surface area (Å²) in [6, 6.07) is -0.107. The zero-order chi connectivity index (χ0) is 14.7. The van der Waals surface area contributed by atoms with Crippen molar-refractivity contribution in [1.82, 2.24) is 10.2 Å². The molecule has 2 rings (SSSR count). The largest absolute Gasteiger partial charge is 0.481 e. The molecule has 6 nitrogen and oxygen atoms in total. The first-order valence-corrected chi connectivity index (χ1v) is 7.28. The fraction of sp³-hybridized carbons (Fsp3) is 0.857. The maximum Gasteiger partial charge on any atom is 0.317 e. The Labute approximate surface area is 119 Å². The van der Waals surface area contributed by atoms with Crippen LogP contribution in [0.1, 0.15) is 26.2 Å². The normalized spacial score (nSPS) is 28.0. The van der Waals surface area contributed by atoms with E-state index < -0.39 is 11.9 Å². The van der Waals surface area contributed by atoms with E-state index in [1.54, 1.807) is 12.0 Å². The van der Waals surface area contributed by atoms with E-state index in [0.29, 0.717) is 32.0 Å². The fourth-order valence-corrected chi connectivity index (χ4v) is 2.92. The van der Waals surface area contributed by atoms with Crippen LogP contribution in [-0.4, -0.2) is 54.9 Å². The standard InChI is InChI=1S/C14H24N2O4/c1-9-5-11(13(17)18)7-16(6-9)14(19)15-12(8-20-2)10-3-4-10/h9-12H,3-8H2,1-2H3,(H,15,19)(H,17,18). The SMILES string of the molecule is COCC(NC(=O)N1CC(C)CC(C(=O)O)C1)C1CC1. The van der Waals surface area contributed by atoms with E-state index in [9.17, 15) is 9.59 Å². The summed E-state index contributed by atoms with van der Waals surface area (Å²) >= 11 is 0. The van der Waals surface area contributed by atoms with E-state index in [4.69, 9.17) is 9.84 Å². The third-order valence-corrected chi connectivity index (χ3v) is 4.14. The van der Waals surface area contributed by atoms with Crippen LogP contribution >= 0.6 is 0 Å². The van der Waals surface area contributed by atoms with Gasteiger partial charge in [0.05, 0.1) is 18.6 Å². The van der Waals surface area contributed by atoms with Crippen molar-refractivity contribution in [2.45, 2.75) is 32.2 Å². The van der Waals surface area contributed by atoms with E-state index >= 15 is 0 Å². The monoisotopic (exact) mass is 284 g/mol. The van der Waals surface area contributed by atoms with Crippen LogP contribution in [0, 0.1) is 17.8 Å². The molecule has 1 saturated carbocycles. The molecule has 0 aromatic carbocycles. The average Bonchev–Trinajstić information content (AvgIpc) is 3.21. The molecule has 1 heterocycles. The summed E-state index contributed by atoms with van der Waals surface area (Å²) in [6.45, 7) is 3.43. The quantitative estimate of drug-likeness (QED) is 0.794. The molecule has 3 unspecified atom stereocenters. The lowest BCUT2D eigenvalue weighted by Crippen LogP contribution is -2.52. The van der Waals surface area contributed by atoms with E-state index in [0.717, 1.165) is 12.8 Å². The van der Waals surface area contributed by atoms with E-state index in [-0.39, 0.29) is 18.0 Å². The van der Waals surface area contributed by atoms with Crippen molar-refractivity contribution >= 4 is 12.0 Å². The molecule has 0 radical (unpaired) electrons. The van der Waals surface area contributed by atoms with Crippen molar-refractivity contribution in [1.29, 1.82) is 0 Å². The number of carbonyl (C=O) groups excluding carboxylic acids is 1. The van der Waals surface area contributed by atoms with Gasteiger partial charge < -0.3 is 20.1 Å². The van der Waals surface area contributed by atoms with Gasteiger partial charge in [-0.3, -0.25) is 4.79 Å². The molecule has 1 aliphatic heterocycles. The summed E-state index contributed by atoms with van der Waals surface area (Å²) in [4.78, 5) is 25.1. The lowest BCUT2D eigenvalue weighted by atomic mass is 9.91. The van der Waals surface area contributed by atoms with Crippen molar-refractivity contribution < 1.29 is 19.4 Å². The topological polar surface area (TPSA) is 78.9 Å². The Morgan fingerprint density at radius 1 is 1.40 bits per heavy atom. The number of methoxy groups -OCH3 is 1. The molecule has 3 atom stereocenters. The second-order valence-corrected chi connectivity index (χ2v) is 6.13. The minimum Gasteiger partial charge on any atom is -0.481 e. The first kappa shape index (κ1) is 15.1. The van der Waals surface area contributed by atoms with Crippen molar-refractivity contribution in [3.63, 3.8) is 0 Å². The molecule has 1 saturated heterocycles. The number of urea groups is 1. The van der Waals surface area contributed by atoms with Crippen LogP contribution in [0.4, 0.5) is 4.79 Å². The third-order valence-electron chi connectivity index (χ3n) is 4.14. The van der Waals surface area contributed by atoms with Crippen molar-refractivity contribution in [3.05, 3.63) is 0 Å². The van der Waals surface area contributed by atoms with Gasteiger partial charge in [-0.25, -0.2) is 4.79 Å². The molecule has 20 heavy (non-hydrogen) atoms. The number of hydrogen-bond acceptors (Lipinski definition) is 3. The van der Waals surface area contributed by atoms with Gasteiger partial charge in [0.2, 0.25) is 0 Å². The van der Waals surface area contributed by atoms with E-state index in [1.165, 1.54) is 0 Å². The number of ether oxygens (including phenoxy) is 1.